The molecule has 2 aliphatic heterocycles. The van der Waals surface area contributed by atoms with Gasteiger partial charge in [0.15, 0.2) is 0 Å². The first-order valence-electron chi connectivity index (χ1n) is 11.1. The average molecular weight is 429 g/mol. The highest BCUT2D eigenvalue weighted by molar-refractivity contribution is 5.79. The number of nitrogens with zero attached hydrogens (tertiary/aromatic N) is 5. The number of nitrogens with one attached hydrogen (secondary N) is 1. The molecular formula is C22H32N6O3. The van der Waals surface area contributed by atoms with Crippen LogP contribution in [-0.4, -0.2) is 90.7 Å². The van der Waals surface area contributed by atoms with Crippen LogP contribution in [0.15, 0.2) is 17.1 Å². The van der Waals surface area contributed by atoms with Gasteiger partial charge in [-0.25, -0.2) is 9.97 Å². The van der Waals surface area contributed by atoms with E-state index in [1.807, 2.05) is 36.9 Å². The fourth-order valence-corrected chi connectivity index (χ4v) is 4.46. The number of anilines is 1. The normalized spacial score (nSPS) is 19.5. The van der Waals surface area contributed by atoms with Crippen LogP contribution in [0.1, 0.15) is 31.4 Å². The van der Waals surface area contributed by atoms with Gasteiger partial charge in [0.05, 0.1) is 24.1 Å². The molecule has 1 N–H and O–H groups in total. The SMILES string of the molecule is C[C@@H](CN1CCOCC1)C(=O)N1CCC(c2cc3nc(N(C)C)ncc3c(=O)[nH]2)CC1. The first-order chi connectivity index (χ1) is 14.9. The van der Waals surface area contributed by atoms with Crippen molar-refractivity contribution in [1.29, 1.82) is 0 Å². The zero-order chi connectivity index (χ0) is 22.0. The average Bonchev–Trinajstić information content (AvgIpc) is 2.79. The lowest BCUT2D eigenvalue weighted by atomic mass is 9.92. The largest absolute Gasteiger partial charge is 0.379 e. The summed E-state index contributed by atoms with van der Waals surface area (Å²) in [5.74, 6) is 1.00. The number of carbonyl (C=O) groups is 1. The van der Waals surface area contributed by atoms with Crippen molar-refractivity contribution in [2.45, 2.75) is 25.7 Å². The lowest BCUT2D eigenvalue weighted by Crippen LogP contribution is -2.46. The first-order valence-corrected chi connectivity index (χ1v) is 11.1. The van der Waals surface area contributed by atoms with E-state index in [1.165, 1.54) is 0 Å². The molecule has 2 fully saturated rings. The van der Waals surface area contributed by atoms with Crippen molar-refractivity contribution in [1.82, 2.24) is 24.8 Å². The number of ether oxygens (including phenoxy) is 1. The highest BCUT2D eigenvalue weighted by atomic mass is 16.5. The summed E-state index contributed by atoms with van der Waals surface area (Å²) < 4.78 is 5.39. The van der Waals surface area contributed by atoms with Crippen molar-refractivity contribution in [2.75, 3.05) is 64.9 Å². The number of fused-ring (bicyclic) bond motifs is 1. The summed E-state index contributed by atoms with van der Waals surface area (Å²) in [5, 5.41) is 0.499. The number of morpholine rings is 1. The van der Waals surface area contributed by atoms with E-state index in [1.54, 1.807) is 6.20 Å². The molecule has 0 saturated carbocycles. The molecule has 2 saturated heterocycles. The topological polar surface area (TPSA) is 94.7 Å². The van der Waals surface area contributed by atoms with E-state index in [0.717, 1.165) is 51.4 Å². The van der Waals surface area contributed by atoms with Crippen LogP contribution in [0.25, 0.3) is 10.9 Å². The van der Waals surface area contributed by atoms with E-state index >= 15 is 0 Å². The van der Waals surface area contributed by atoms with Gasteiger partial charge in [0, 0.05) is 70.5 Å². The summed E-state index contributed by atoms with van der Waals surface area (Å²) in [7, 11) is 3.75. The Hall–Kier alpha value is -2.52. The molecule has 0 unspecified atom stereocenters. The lowest BCUT2D eigenvalue weighted by molar-refractivity contribution is -0.137. The van der Waals surface area contributed by atoms with Gasteiger partial charge in [-0.15, -0.1) is 0 Å². The number of pyridine rings is 1. The van der Waals surface area contributed by atoms with Gasteiger partial charge in [0.2, 0.25) is 11.9 Å². The Morgan fingerprint density at radius 3 is 2.65 bits per heavy atom. The molecule has 0 radical (unpaired) electrons. The number of piperidine rings is 1. The molecule has 0 bridgehead atoms. The Morgan fingerprint density at radius 2 is 1.97 bits per heavy atom. The summed E-state index contributed by atoms with van der Waals surface area (Å²) in [5.41, 5.74) is 1.40. The molecule has 2 aliphatic rings. The predicted molar refractivity (Wildman–Crippen MR) is 119 cm³/mol. The van der Waals surface area contributed by atoms with Crippen molar-refractivity contribution >= 4 is 22.8 Å². The number of aromatic amines is 1. The van der Waals surface area contributed by atoms with Crippen LogP contribution in [0.4, 0.5) is 5.95 Å². The number of H-pyrrole nitrogens is 1. The Kier molecular flexibility index (Phi) is 6.52. The Morgan fingerprint density at radius 1 is 1.26 bits per heavy atom. The quantitative estimate of drug-likeness (QED) is 0.761. The second-order valence-electron chi connectivity index (χ2n) is 8.83. The van der Waals surface area contributed by atoms with E-state index < -0.39 is 0 Å². The van der Waals surface area contributed by atoms with Gasteiger partial charge >= 0.3 is 0 Å². The van der Waals surface area contributed by atoms with Crippen LogP contribution in [0.2, 0.25) is 0 Å². The van der Waals surface area contributed by atoms with Gasteiger partial charge < -0.3 is 19.5 Å². The van der Waals surface area contributed by atoms with Crippen LogP contribution in [0.3, 0.4) is 0 Å². The molecule has 2 aromatic rings. The molecule has 0 aromatic carbocycles. The van der Waals surface area contributed by atoms with Crippen molar-refractivity contribution in [3.63, 3.8) is 0 Å². The standard InChI is InChI=1S/C22H32N6O3/c1-15(14-27-8-10-31-11-9-27)21(30)28-6-4-16(5-7-28)18-12-19-17(20(29)24-18)13-23-22(25-19)26(2)3/h12-13,15-16H,4-11,14H2,1-3H3,(H,24,29)/t15-/m0/s1. The van der Waals surface area contributed by atoms with Gasteiger partial charge in [-0.2, -0.15) is 0 Å². The minimum absolute atomic E-state index is 0.0173. The van der Waals surface area contributed by atoms with E-state index in [9.17, 15) is 9.59 Å². The molecule has 9 heteroatoms. The fourth-order valence-electron chi connectivity index (χ4n) is 4.46. The number of rotatable bonds is 5. The second kappa shape index (κ2) is 9.32. The molecule has 31 heavy (non-hydrogen) atoms. The summed E-state index contributed by atoms with van der Waals surface area (Å²) in [4.78, 5) is 43.4. The third-order valence-electron chi connectivity index (χ3n) is 6.30. The number of aromatic nitrogens is 3. The molecule has 4 rings (SSSR count). The Balaban J connectivity index is 1.40. The summed E-state index contributed by atoms with van der Waals surface area (Å²) in [6.45, 7) is 7.52. The Bertz CT molecular complexity index is 977. The highest BCUT2D eigenvalue weighted by Crippen LogP contribution is 2.28. The van der Waals surface area contributed by atoms with Gasteiger partial charge in [-0.05, 0) is 18.9 Å². The molecule has 4 heterocycles. The van der Waals surface area contributed by atoms with Crippen LogP contribution >= 0.6 is 0 Å². The lowest BCUT2D eigenvalue weighted by Gasteiger charge is -2.35. The zero-order valence-electron chi connectivity index (χ0n) is 18.6. The summed E-state index contributed by atoms with van der Waals surface area (Å²) in [6, 6.07) is 1.97. The number of hydrogen-bond acceptors (Lipinski definition) is 7. The number of carbonyl (C=O) groups excluding carboxylic acids is 1. The second-order valence-corrected chi connectivity index (χ2v) is 8.83. The smallest absolute Gasteiger partial charge is 0.259 e. The third-order valence-corrected chi connectivity index (χ3v) is 6.30. The van der Waals surface area contributed by atoms with Gasteiger partial charge in [0.1, 0.15) is 0 Å². The van der Waals surface area contributed by atoms with Crippen LogP contribution in [0.5, 0.6) is 0 Å². The summed E-state index contributed by atoms with van der Waals surface area (Å²) >= 11 is 0. The molecular weight excluding hydrogens is 396 g/mol. The molecule has 1 amide bonds. The van der Waals surface area contributed by atoms with E-state index in [4.69, 9.17) is 4.74 Å². The molecule has 1 atom stereocenters. The number of likely N-dealkylation sites (tertiary alicyclic amines) is 1. The zero-order valence-corrected chi connectivity index (χ0v) is 18.6. The maximum Gasteiger partial charge on any atom is 0.259 e. The summed E-state index contributed by atoms with van der Waals surface area (Å²) in [6.07, 6.45) is 3.25. The van der Waals surface area contributed by atoms with Crippen molar-refractivity contribution in [3.05, 3.63) is 28.3 Å². The number of amides is 1. The molecule has 2 aromatic heterocycles. The van der Waals surface area contributed by atoms with Crippen LogP contribution < -0.4 is 10.5 Å². The molecule has 168 valence electrons. The molecule has 0 spiro atoms. The third kappa shape index (κ3) is 4.88. The molecule has 0 aliphatic carbocycles. The Labute approximate surface area is 182 Å². The van der Waals surface area contributed by atoms with E-state index in [-0.39, 0.29) is 23.3 Å². The van der Waals surface area contributed by atoms with E-state index in [2.05, 4.69) is 19.9 Å². The van der Waals surface area contributed by atoms with Gasteiger partial charge in [-0.1, -0.05) is 6.92 Å². The fraction of sp³-hybridized carbons (Fsp3) is 0.636. The van der Waals surface area contributed by atoms with Crippen LogP contribution in [-0.2, 0) is 9.53 Å². The highest BCUT2D eigenvalue weighted by Gasteiger charge is 2.28. The first kappa shape index (κ1) is 21.7. The number of hydrogen-bond donors (Lipinski definition) is 1. The van der Waals surface area contributed by atoms with E-state index in [0.29, 0.717) is 29.9 Å². The minimum atomic E-state index is -0.157. The van der Waals surface area contributed by atoms with Gasteiger partial charge in [0.25, 0.3) is 5.56 Å². The molecule has 9 nitrogen and oxygen atoms in total. The minimum Gasteiger partial charge on any atom is -0.379 e. The maximum atomic E-state index is 12.9. The van der Waals surface area contributed by atoms with Crippen molar-refractivity contribution in [3.8, 4) is 0 Å². The van der Waals surface area contributed by atoms with Gasteiger partial charge in [-0.3, -0.25) is 14.5 Å². The predicted octanol–water partition coefficient (Wildman–Crippen LogP) is 1.06. The maximum absolute atomic E-state index is 12.9. The van der Waals surface area contributed by atoms with Crippen molar-refractivity contribution in [2.24, 2.45) is 5.92 Å². The van der Waals surface area contributed by atoms with Crippen LogP contribution in [0, 0.1) is 5.92 Å². The monoisotopic (exact) mass is 428 g/mol. The van der Waals surface area contributed by atoms with Crippen molar-refractivity contribution < 1.29 is 9.53 Å².